The van der Waals surface area contributed by atoms with E-state index in [9.17, 15) is 13.2 Å². The van der Waals surface area contributed by atoms with Gasteiger partial charge in [0.15, 0.2) is 9.84 Å². The summed E-state index contributed by atoms with van der Waals surface area (Å²) in [7, 11) is -3.11. The van der Waals surface area contributed by atoms with Gasteiger partial charge in [0.05, 0.1) is 18.0 Å². The van der Waals surface area contributed by atoms with Crippen molar-refractivity contribution in [3.63, 3.8) is 0 Å². The Morgan fingerprint density at radius 1 is 1.26 bits per heavy atom. The molecule has 0 radical (unpaired) electrons. The normalized spacial score (nSPS) is 11.9. The van der Waals surface area contributed by atoms with Crippen molar-refractivity contribution >= 4 is 45.0 Å². The van der Waals surface area contributed by atoms with Gasteiger partial charge in [0.25, 0.3) is 0 Å². The lowest BCUT2D eigenvalue weighted by Gasteiger charge is -2.04. The number of hydrogen-bond acceptors (Lipinski definition) is 4. The number of benzene rings is 1. The lowest BCUT2D eigenvalue weighted by molar-refractivity contribution is -0.116. The molecule has 1 heterocycles. The average Bonchev–Trinajstić information content (AvgIpc) is 2.88. The molecule has 0 saturated carbocycles. The number of carbonyl (C=O) groups excluding carboxylic acids is 1. The van der Waals surface area contributed by atoms with Gasteiger partial charge in [-0.2, -0.15) is 5.10 Å². The zero-order valence-corrected chi connectivity index (χ0v) is 17.4. The molecular formula is C18H21Cl2N3O3S. The van der Waals surface area contributed by atoms with Crippen molar-refractivity contribution in [2.45, 2.75) is 20.4 Å². The third kappa shape index (κ3) is 6.37. The van der Waals surface area contributed by atoms with Crippen molar-refractivity contribution in [1.29, 1.82) is 0 Å². The molecular weight excluding hydrogens is 409 g/mol. The number of amides is 1. The van der Waals surface area contributed by atoms with E-state index in [1.54, 1.807) is 36.7 Å². The van der Waals surface area contributed by atoms with Gasteiger partial charge in [-0.1, -0.05) is 42.3 Å². The molecule has 2 aromatic rings. The van der Waals surface area contributed by atoms with Crippen molar-refractivity contribution in [3.8, 4) is 0 Å². The minimum atomic E-state index is -3.11. The van der Waals surface area contributed by atoms with E-state index in [4.69, 9.17) is 23.2 Å². The monoisotopic (exact) mass is 429 g/mol. The Bertz CT molecular complexity index is 936. The summed E-state index contributed by atoms with van der Waals surface area (Å²) in [5, 5.41) is 8.02. The molecule has 0 unspecified atom stereocenters. The van der Waals surface area contributed by atoms with Gasteiger partial charge in [0.2, 0.25) is 5.91 Å². The number of nitrogens with one attached hydrogen (secondary N) is 1. The molecule has 2 rings (SSSR count). The summed E-state index contributed by atoms with van der Waals surface area (Å²) >= 11 is 12.3. The number of sulfone groups is 1. The van der Waals surface area contributed by atoms with Crippen LogP contribution in [0, 0.1) is 6.92 Å². The lowest BCUT2D eigenvalue weighted by Crippen LogP contribution is -2.28. The van der Waals surface area contributed by atoms with E-state index in [2.05, 4.69) is 10.4 Å². The summed E-state index contributed by atoms with van der Waals surface area (Å²) in [6, 6.07) is 7.38. The second-order valence-electron chi connectivity index (χ2n) is 5.93. The van der Waals surface area contributed by atoms with Crippen molar-refractivity contribution in [3.05, 3.63) is 57.3 Å². The molecule has 9 heteroatoms. The zero-order chi connectivity index (χ0) is 20.0. The molecule has 0 aliphatic carbocycles. The van der Waals surface area contributed by atoms with E-state index < -0.39 is 9.84 Å². The van der Waals surface area contributed by atoms with Crippen LogP contribution in [-0.4, -0.2) is 42.2 Å². The maximum Gasteiger partial charge on any atom is 0.244 e. The van der Waals surface area contributed by atoms with E-state index in [-0.39, 0.29) is 24.0 Å². The molecule has 1 amide bonds. The number of aryl methyl sites for hydroxylation is 1. The summed E-state index contributed by atoms with van der Waals surface area (Å²) < 4.78 is 24.5. The Kier molecular flexibility index (Phi) is 7.47. The summed E-state index contributed by atoms with van der Waals surface area (Å²) in [5.74, 6) is -0.412. The Hall–Kier alpha value is -1.83. The van der Waals surface area contributed by atoms with Crippen molar-refractivity contribution < 1.29 is 13.2 Å². The molecule has 1 N–H and O–H groups in total. The Morgan fingerprint density at radius 3 is 2.56 bits per heavy atom. The van der Waals surface area contributed by atoms with Crippen LogP contribution in [0.2, 0.25) is 10.2 Å². The van der Waals surface area contributed by atoms with Crippen LogP contribution in [-0.2, 0) is 21.2 Å². The molecule has 1 aromatic heterocycles. The first-order chi connectivity index (χ1) is 12.7. The summed E-state index contributed by atoms with van der Waals surface area (Å²) in [4.78, 5) is 11.9. The van der Waals surface area contributed by atoms with E-state index in [1.807, 2.05) is 12.1 Å². The van der Waals surface area contributed by atoms with Crippen LogP contribution in [0.15, 0.2) is 30.3 Å². The van der Waals surface area contributed by atoms with Gasteiger partial charge in [-0.25, -0.2) is 13.1 Å². The van der Waals surface area contributed by atoms with Crippen LogP contribution < -0.4 is 5.32 Å². The molecule has 27 heavy (non-hydrogen) atoms. The first kappa shape index (κ1) is 21.5. The van der Waals surface area contributed by atoms with Gasteiger partial charge in [-0.15, -0.1) is 0 Å². The molecule has 0 aliphatic heterocycles. The average molecular weight is 430 g/mol. The van der Waals surface area contributed by atoms with Crippen molar-refractivity contribution in [2.75, 3.05) is 18.1 Å². The summed E-state index contributed by atoms with van der Waals surface area (Å²) in [6.45, 7) is 3.92. The quantitative estimate of drug-likeness (QED) is 0.653. The molecule has 1 aromatic carbocycles. The highest BCUT2D eigenvalue weighted by Crippen LogP contribution is 2.22. The van der Waals surface area contributed by atoms with Gasteiger partial charge in [0.1, 0.15) is 5.15 Å². The van der Waals surface area contributed by atoms with E-state index in [0.717, 1.165) is 5.56 Å². The number of nitrogens with zero attached hydrogens (tertiary/aromatic N) is 2. The molecule has 6 nitrogen and oxygen atoms in total. The zero-order valence-electron chi connectivity index (χ0n) is 15.1. The van der Waals surface area contributed by atoms with Gasteiger partial charge < -0.3 is 5.32 Å². The van der Waals surface area contributed by atoms with Crippen LogP contribution in [0.3, 0.4) is 0 Å². The molecule has 146 valence electrons. The molecule has 0 aliphatic rings. The third-order valence-electron chi connectivity index (χ3n) is 3.91. The first-order valence-electron chi connectivity index (χ1n) is 8.35. The van der Waals surface area contributed by atoms with E-state index in [1.165, 1.54) is 6.08 Å². The number of aromatic nitrogens is 2. The highest BCUT2D eigenvalue weighted by molar-refractivity contribution is 7.91. The van der Waals surface area contributed by atoms with E-state index in [0.29, 0.717) is 28.0 Å². The minimum Gasteiger partial charge on any atom is -0.352 e. The third-order valence-corrected chi connectivity index (χ3v) is 6.26. The fraction of sp³-hybridized carbons (Fsp3) is 0.333. The van der Waals surface area contributed by atoms with E-state index >= 15 is 0 Å². The highest BCUT2D eigenvalue weighted by Gasteiger charge is 2.12. The Morgan fingerprint density at radius 2 is 1.93 bits per heavy atom. The standard InChI is InChI=1S/C18H21Cl2N3O3S/c1-3-27(25,26)11-10-21-17(24)9-8-16-13(2)22-23(18(16)20)12-14-4-6-15(19)7-5-14/h4-9H,3,10-12H2,1-2H3,(H,21,24)/b9-8+. The molecule has 0 spiro atoms. The predicted molar refractivity (Wildman–Crippen MR) is 109 cm³/mol. The van der Waals surface area contributed by atoms with Crippen molar-refractivity contribution in [2.24, 2.45) is 0 Å². The second-order valence-corrected chi connectivity index (χ2v) is 9.20. The molecule has 0 saturated heterocycles. The topological polar surface area (TPSA) is 81.1 Å². The summed E-state index contributed by atoms with van der Waals surface area (Å²) in [6.07, 6.45) is 2.90. The molecule has 0 fully saturated rings. The van der Waals surface area contributed by atoms with Gasteiger partial charge in [0, 0.05) is 29.0 Å². The van der Waals surface area contributed by atoms with Gasteiger partial charge in [-0.3, -0.25) is 4.79 Å². The van der Waals surface area contributed by atoms with Crippen LogP contribution in [0.25, 0.3) is 6.08 Å². The largest absolute Gasteiger partial charge is 0.352 e. The number of halogens is 2. The van der Waals surface area contributed by atoms with Gasteiger partial charge in [-0.05, 0) is 30.7 Å². The first-order valence-corrected chi connectivity index (χ1v) is 10.9. The fourth-order valence-electron chi connectivity index (χ4n) is 2.32. The minimum absolute atomic E-state index is 0.0559. The van der Waals surface area contributed by atoms with Crippen LogP contribution in [0.1, 0.15) is 23.7 Å². The van der Waals surface area contributed by atoms with Crippen LogP contribution >= 0.6 is 23.2 Å². The lowest BCUT2D eigenvalue weighted by atomic mass is 10.2. The molecule has 0 atom stereocenters. The SMILES string of the molecule is CCS(=O)(=O)CCNC(=O)/C=C/c1c(C)nn(Cc2ccc(Cl)cc2)c1Cl. The Labute approximate surface area is 169 Å². The molecule has 0 bridgehead atoms. The maximum absolute atomic E-state index is 11.9. The fourth-order valence-corrected chi connectivity index (χ4v) is 3.44. The van der Waals surface area contributed by atoms with Crippen LogP contribution in [0.5, 0.6) is 0 Å². The highest BCUT2D eigenvalue weighted by atomic mass is 35.5. The van der Waals surface area contributed by atoms with Gasteiger partial charge >= 0.3 is 0 Å². The second kappa shape index (κ2) is 9.39. The van der Waals surface area contributed by atoms with Crippen LogP contribution in [0.4, 0.5) is 0 Å². The smallest absolute Gasteiger partial charge is 0.244 e. The predicted octanol–water partition coefficient (Wildman–Crippen LogP) is 3.11. The van der Waals surface area contributed by atoms with Crippen molar-refractivity contribution in [1.82, 2.24) is 15.1 Å². The Balaban J connectivity index is 2.02. The maximum atomic E-state index is 11.9. The number of rotatable bonds is 8. The summed E-state index contributed by atoms with van der Waals surface area (Å²) in [5.41, 5.74) is 2.32. The number of hydrogen-bond donors (Lipinski definition) is 1. The number of carbonyl (C=O) groups is 1.